The summed E-state index contributed by atoms with van der Waals surface area (Å²) < 4.78 is 0. The van der Waals surface area contributed by atoms with Crippen molar-refractivity contribution in [3.05, 3.63) is 76.5 Å². The summed E-state index contributed by atoms with van der Waals surface area (Å²) in [6.45, 7) is 12.3. The van der Waals surface area contributed by atoms with Crippen molar-refractivity contribution in [1.29, 1.82) is 0 Å². The highest BCUT2D eigenvalue weighted by molar-refractivity contribution is 5.73. The zero-order valence-corrected chi connectivity index (χ0v) is 14.0. The molecule has 0 unspecified atom stereocenters. The number of benzene rings is 2. The zero-order chi connectivity index (χ0) is 16.1. The van der Waals surface area contributed by atoms with Crippen LogP contribution in [0.15, 0.2) is 48.7 Å². The predicted octanol–water partition coefficient (Wildman–Crippen LogP) is 5.98. The minimum atomic E-state index is 0.953. The molecular formula is C21H25N. The van der Waals surface area contributed by atoms with Crippen LogP contribution in [-0.2, 0) is 6.42 Å². The molecule has 0 aromatic heterocycles. The van der Waals surface area contributed by atoms with Gasteiger partial charge in [0, 0.05) is 11.4 Å². The maximum Gasteiger partial charge on any atom is 0.0384 e. The molecule has 0 bridgehead atoms. The molecule has 1 N–H and O–H groups in total. The van der Waals surface area contributed by atoms with Gasteiger partial charge in [-0.3, -0.25) is 0 Å². The van der Waals surface area contributed by atoms with Crippen molar-refractivity contribution in [1.82, 2.24) is 0 Å². The van der Waals surface area contributed by atoms with Crippen molar-refractivity contribution in [2.75, 3.05) is 5.32 Å². The van der Waals surface area contributed by atoms with E-state index in [0.29, 0.717) is 0 Å². The van der Waals surface area contributed by atoms with Gasteiger partial charge in [-0.1, -0.05) is 49.9 Å². The Kier molecular flexibility index (Phi) is 5.21. The van der Waals surface area contributed by atoms with Gasteiger partial charge in [-0.05, 0) is 67.1 Å². The molecule has 0 fully saturated rings. The monoisotopic (exact) mass is 291 g/mol. The fourth-order valence-electron chi connectivity index (χ4n) is 2.51. The van der Waals surface area contributed by atoms with Gasteiger partial charge in [0.1, 0.15) is 0 Å². The Hall–Kier alpha value is -2.28. The number of aryl methyl sites for hydroxylation is 3. The first-order chi connectivity index (χ1) is 10.5. The van der Waals surface area contributed by atoms with Crippen molar-refractivity contribution in [3.63, 3.8) is 0 Å². The van der Waals surface area contributed by atoms with Gasteiger partial charge in [-0.15, -0.1) is 0 Å². The molecule has 2 rings (SSSR count). The van der Waals surface area contributed by atoms with Gasteiger partial charge in [-0.25, -0.2) is 0 Å². The van der Waals surface area contributed by atoms with Gasteiger partial charge >= 0.3 is 0 Å². The largest absolute Gasteiger partial charge is 0.360 e. The fraction of sp³-hybridized carbons (Fsp3) is 0.238. The summed E-state index contributed by atoms with van der Waals surface area (Å²) in [5.41, 5.74) is 8.53. The summed E-state index contributed by atoms with van der Waals surface area (Å²) in [7, 11) is 0. The van der Waals surface area contributed by atoms with Gasteiger partial charge in [0.2, 0.25) is 0 Å². The lowest BCUT2D eigenvalue weighted by atomic mass is 10.0. The minimum absolute atomic E-state index is 0.953. The van der Waals surface area contributed by atoms with E-state index in [4.69, 9.17) is 0 Å². The van der Waals surface area contributed by atoms with Gasteiger partial charge in [0.05, 0.1) is 0 Å². The topological polar surface area (TPSA) is 12.0 Å². The second-order valence-corrected chi connectivity index (χ2v) is 5.85. The van der Waals surface area contributed by atoms with E-state index in [1.807, 2.05) is 6.92 Å². The van der Waals surface area contributed by atoms with Crippen LogP contribution in [0.2, 0.25) is 0 Å². The number of nitrogens with one attached hydrogen (secondary N) is 1. The Morgan fingerprint density at radius 1 is 1.00 bits per heavy atom. The van der Waals surface area contributed by atoms with Gasteiger partial charge in [-0.2, -0.15) is 0 Å². The summed E-state index contributed by atoms with van der Waals surface area (Å²) in [5, 5.41) is 3.25. The van der Waals surface area contributed by atoms with Crippen LogP contribution < -0.4 is 5.32 Å². The molecule has 0 radical (unpaired) electrons. The Bertz CT molecular complexity index is 708. The third-order valence-corrected chi connectivity index (χ3v) is 3.81. The van der Waals surface area contributed by atoms with Gasteiger partial charge in [0.15, 0.2) is 0 Å². The lowest BCUT2D eigenvalue weighted by Gasteiger charge is -2.08. The van der Waals surface area contributed by atoms with E-state index in [2.05, 4.69) is 81.2 Å². The molecule has 0 spiro atoms. The van der Waals surface area contributed by atoms with Crippen molar-refractivity contribution < 1.29 is 0 Å². The lowest BCUT2D eigenvalue weighted by Crippen LogP contribution is -1.94. The molecule has 0 heterocycles. The number of hydrogen-bond donors (Lipinski definition) is 1. The van der Waals surface area contributed by atoms with Crippen LogP contribution >= 0.6 is 0 Å². The molecule has 0 amide bonds. The van der Waals surface area contributed by atoms with Crippen LogP contribution in [0.25, 0.3) is 12.2 Å². The first kappa shape index (κ1) is 16.1. The van der Waals surface area contributed by atoms with E-state index in [9.17, 15) is 0 Å². The number of hydrogen-bond acceptors (Lipinski definition) is 1. The highest BCUT2D eigenvalue weighted by Gasteiger charge is 1.99. The smallest absolute Gasteiger partial charge is 0.0384 e. The first-order valence-corrected chi connectivity index (χ1v) is 7.80. The molecule has 0 saturated heterocycles. The van der Waals surface area contributed by atoms with Gasteiger partial charge < -0.3 is 5.32 Å². The predicted molar refractivity (Wildman–Crippen MR) is 99.1 cm³/mol. The normalized spacial score (nSPS) is 10.9. The lowest BCUT2D eigenvalue weighted by molar-refractivity contribution is 1.13. The Labute approximate surface area is 134 Å². The standard InChI is InChI=1S/C21H25N/c1-6-18-7-8-19(16(4)13-18)9-10-20-11-12-21(14-17(20)5)22-15(2)3/h7-14,22H,2,6H2,1,3-5H3/b10-9+. The Morgan fingerprint density at radius 3 is 2.09 bits per heavy atom. The summed E-state index contributed by atoms with van der Waals surface area (Å²) in [4.78, 5) is 0. The molecule has 0 atom stereocenters. The highest BCUT2D eigenvalue weighted by Crippen LogP contribution is 2.20. The molecule has 1 nitrogen and oxygen atoms in total. The van der Waals surface area contributed by atoms with Crippen LogP contribution in [-0.4, -0.2) is 0 Å². The van der Waals surface area contributed by atoms with Crippen molar-refractivity contribution in [2.24, 2.45) is 0 Å². The molecule has 0 aliphatic heterocycles. The van der Waals surface area contributed by atoms with Crippen molar-refractivity contribution >= 4 is 17.8 Å². The van der Waals surface area contributed by atoms with E-state index >= 15 is 0 Å². The van der Waals surface area contributed by atoms with Crippen LogP contribution in [0.3, 0.4) is 0 Å². The van der Waals surface area contributed by atoms with Crippen LogP contribution in [0.4, 0.5) is 5.69 Å². The second-order valence-electron chi connectivity index (χ2n) is 5.85. The average Bonchev–Trinajstić information content (AvgIpc) is 2.47. The summed E-state index contributed by atoms with van der Waals surface area (Å²) in [6.07, 6.45) is 5.47. The average molecular weight is 291 g/mol. The number of anilines is 1. The molecule has 0 aliphatic carbocycles. The molecule has 2 aromatic rings. The van der Waals surface area contributed by atoms with E-state index in [-0.39, 0.29) is 0 Å². The molecule has 2 aromatic carbocycles. The maximum atomic E-state index is 3.88. The summed E-state index contributed by atoms with van der Waals surface area (Å²) >= 11 is 0. The third kappa shape index (κ3) is 4.11. The number of allylic oxidation sites excluding steroid dienone is 1. The molecule has 22 heavy (non-hydrogen) atoms. The van der Waals surface area contributed by atoms with E-state index in [1.54, 1.807) is 0 Å². The number of rotatable bonds is 5. The summed E-state index contributed by atoms with van der Waals surface area (Å²) in [5.74, 6) is 0. The van der Waals surface area contributed by atoms with Crippen molar-refractivity contribution in [2.45, 2.75) is 34.1 Å². The minimum Gasteiger partial charge on any atom is -0.360 e. The van der Waals surface area contributed by atoms with E-state index in [1.165, 1.54) is 27.8 Å². The summed E-state index contributed by atoms with van der Waals surface area (Å²) in [6, 6.07) is 13.1. The zero-order valence-electron chi connectivity index (χ0n) is 14.0. The Morgan fingerprint density at radius 2 is 1.59 bits per heavy atom. The van der Waals surface area contributed by atoms with Crippen LogP contribution in [0.5, 0.6) is 0 Å². The van der Waals surface area contributed by atoms with E-state index in [0.717, 1.165) is 17.8 Å². The van der Waals surface area contributed by atoms with Gasteiger partial charge in [0.25, 0.3) is 0 Å². The van der Waals surface area contributed by atoms with Crippen molar-refractivity contribution in [3.8, 4) is 0 Å². The highest BCUT2D eigenvalue weighted by atomic mass is 14.9. The maximum absolute atomic E-state index is 3.88. The molecule has 1 heteroatoms. The quantitative estimate of drug-likeness (QED) is 0.668. The second kappa shape index (κ2) is 7.13. The first-order valence-electron chi connectivity index (χ1n) is 7.80. The third-order valence-electron chi connectivity index (χ3n) is 3.81. The SMILES string of the molecule is C=C(C)Nc1ccc(/C=C/c2ccc(CC)cc2C)c(C)c1. The molecule has 114 valence electrons. The Balaban J connectivity index is 2.21. The van der Waals surface area contributed by atoms with Crippen LogP contribution in [0, 0.1) is 13.8 Å². The molecule has 0 saturated carbocycles. The molecular weight excluding hydrogens is 266 g/mol. The molecule has 0 aliphatic rings. The van der Waals surface area contributed by atoms with Crippen LogP contribution in [0.1, 0.15) is 41.7 Å². The fourth-order valence-corrected chi connectivity index (χ4v) is 2.51. The van der Waals surface area contributed by atoms with E-state index < -0.39 is 0 Å².